The second-order valence-electron chi connectivity index (χ2n) is 5.45. The molecule has 5 nitrogen and oxygen atoms in total. The van der Waals surface area contributed by atoms with Crippen molar-refractivity contribution in [3.8, 4) is 0 Å². The number of amides is 1. The van der Waals surface area contributed by atoms with E-state index < -0.39 is 0 Å². The highest BCUT2D eigenvalue weighted by Crippen LogP contribution is 2.24. The molecule has 0 bridgehead atoms. The Hall–Kier alpha value is -1.66. The van der Waals surface area contributed by atoms with Gasteiger partial charge in [0.1, 0.15) is 5.82 Å². The zero-order valence-electron chi connectivity index (χ0n) is 11.9. The maximum Gasteiger partial charge on any atom is 0.229 e. The number of halogens is 1. The second-order valence-corrected chi connectivity index (χ2v) is 5.45. The lowest BCUT2D eigenvalue weighted by atomic mass is 10.1. The maximum atomic E-state index is 14.2. The van der Waals surface area contributed by atoms with Crippen LogP contribution in [0.5, 0.6) is 0 Å². The van der Waals surface area contributed by atoms with E-state index in [2.05, 4.69) is 10.6 Å². The first-order valence-electron chi connectivity index (χ1n) is 7.38. The van der Waals surface area contributed by atoms with Gasteiger partial charge in [0.2, 0.25) is 5.91 Å². The van der Waals surface area contributed by atoms with Crippen molar-refractivity contribution in [3.05, 3.63) is 24.0 Å². The molecule has 114 valence electrons. The molecular weight excluding hydrogens is 273 g/mol. The van der Waals surface area contributed by atoms with Crippen LogP contribution in [0.1, 0.15) is 6.42 Å². The molecule has 21 heavy (non-hydrogen) atoms. The molecule has 0 saturated carbocycles. The second kappa shape index (κ2) is 6.41. The summed E-state index contributed by atoms with van der Waals surface area (Å²) in [5.74, 6) is -0.514. The number of anilines is 2. The van der Waals surface area contributed by atoms with Crippen molar-refractivity contribution < 1.29 is 13.9 Å². The van der Waals surface area contributed by atoms with E-state index in [4.69, 9.17) is 4.74 Å². The van der Waals surface area contributed by atoms with Gasteiger partial charge in [-0.1, -0.05) is 0 Å². The summed E-state index contributed by atoms with van der Waals surface area (Å²) in [7, 11) is 0. The standard InChI is InChI=1S/C15H20FN3O2/c16-13-9-12(18-15(20)11-3-8-21-10-11)1-2-14(13)19-6-4-17-5-7-19/h1-2,9,11,17H,3-8,10H2,(H,18,20)/t11-/m0/s1. The van der Waals surface area contributed by atoms with Gasteiger partial charge in [-0.25, -0.2) is 4.39 Å². The van der Waals surface area contributed by atoms with Crippen LogP contribution in [0, 0.1) is 11.7 Å². The molecule has 1 aromatic carbocycles. The Kier molecular flexibility index (Phi) is 4.36. The summed E-state index contributed by atoms with van der Waals surface area (Å²) in [6, 6.07) is 4.89. The lowest BCUT2D eigenvalue weighted by Crippen LogP contribution is -2.43. The fourth-order valence-corrected chi connectivity index (χ4v) is 2.73. The molecule has 3 rings (SSSR count). The van der Waals surface area contributed by atoms with E-state index in [1.807, 2.05) is 4.90 Å². The zero-order chi connectivity index (χ0) is 14.7. The predicted octanol–water partition coefficient (Wildman–Crippen LogP) is 1.21. The lowest BCUT2D eigenvalue weighted by molar-refractivity contribution is -0.119. The third-order valence-corrected chi connectivity index (χ3v) is 3.97. The Labute approximate surface area is 123 Å². The monoisotopic (exact) mass is 293 g/mol. The summed E-state index contributed by atoms with van der Waals surface area (Å²) in [6.45, 7) is 4.38. The highest BCUT2D eigenvalue weighted by molar-refractivity contribution is 5.93. The molecule has 0 unspecified atom stereocenters. The minimum atomic E-state index is -0.294. The van der Waals surface area contributed by atoms with Crippen molar-refractivity contribution in [2.75, 3.05) is 49.6 Å². The number of carbonyl (C=O) groups excluding carboxylic acids is 1. The SMILES string of the molecule is O=C(Nc1ccc(N2CCNCC2)c(F)c1)[C@H]1CCOC1. The van der Waals surface area contributed by atoms with Crippen LogP contribution < -0.4 is 15.5 Å². The fourth-order valence-electron chi connectivity index (χ4n) is 2.73. The summed E-state index contributed by atoms with van der Waals surface area (Å²) in [5, 5.41) is 6.00. The number of ether oxygens (including phenoxy) is 1. The molecule has 1 aromatic rings. The average Bonchev–Trinajstić information content (AvgIpc) is 3.02. The Bertz CT molecular complexity index is 512. The van der Waals surface area contributed by atoms with Crippen LogP contribution in [0.3, 0.4) is 0 Å². The number of carbonyl (C=O) groups is 1. The smallest absolute Gasteiger partial charge is 0.229 e. The summed E-state index contributed by atoms with van der Waals surface area (Å²) >= 11 is 0. The van der Waals surface area contributed by atoms with E-state index in [9.17, 15) is 9.18 Å². The number of rotatable bonds is 3. The Morgan fingerprint density at radius 2 is 2.19 bits per heavy atom. The molecule has 2 aliphatic rings. The molecule has 2 saturated heterocycles. The first-order valence-corrected chi connectivity index (χ1v) is 7.38. The minimum Gasteiger partial charge on any atom is -0.381 e. The third-order valence-electron chi connectivity index (χ3n) is 3.97. The van der Waals surface area contributed by atoms with E-state index in [1.54, 1.807) is 12.1 Å². The summed E-state index contributed by atoms with van der Waals surface area (Å²) < 4.78 is 19.4. The van der Waals surface area contributed by atoms with Crippen molar-refractivity contribution in [1.82, 2.24) is 5.32 Å². The summed E-state index contributed by atoms with van der Waals surface area (Å²) in [5.41, 5.74) is 1.10. The maximum absolute atomic E-state index is 14.2. The highest BCUT2D eigenvalue weighted by atomic mass is 19.1. The van der Waals surface area contributed by atoms with Gasteiger partial charge in [0, 0.05) is 38.5 Å². The van der Waals surface area contributed by atoms with Gasteiger partial charge < -0.3 is 20.3 Å². The highest BCUT2D eigenvalue weighted by Gasteiger charge is 2.24. The summed E-state index contributed by atoms with van der Waals surface area (Å²) in [6.07, 6.45) is 0.729. The van der Waals surface area contributed by atoms with Crippen LogP contribution in [0.15, 0.2) is 18.2 Å². The van der Waals surface area contributed by atoms with E-state index in [0.29, 0.717) is 24.6 Å². The predicted molar refractivity (Wildman–Crippen MR) is 79.0 cm³/mol. The third kappa shape index (κ3) is 3.33. The van der Waals surface area contributed by atoms with E-state index >= 15 is 0 Å². The molecule has 2 heterocycles. The van der Waals surface area contributed by atoms with E-state index in [1.165, 1.54) is 6.07 Å². The number of hydrogen-bond acceptors (Lipinski definition) is 4. The Balaban J connectivity index is 1.67. The van der Waals surface area contributed by atoms with Crippen LogP contribution >= 0.6 is 0 Å². The number of piperazine rings is 1. The minimum absolute atomic E-state index is 0.0955. The molecule has 1 amide bonds. The quantitative estimate of drug-likeness (QED) is 0.879. The van der Waals surface area contributed by atoms with Gasteiger partial charge in [0.25, 0.3) is 0 Å². The molecular formula is C15H20FN3O2. The lowest BCUT2D eigenvalue weighted by Gasteiger charge is -2.29. The molecule has 0 aromatic heterocycles. The van der Waals surface area contributed by atoms with Gasteiger partial charge in [-0.05, 0) is 24.6 Å². The topological polar surface area (TPSA) is 53.6 Å². The molecule has 2 fully saturated rings. The number of nitrogens with zero attached hydrogens (tertiary/aromatic N) is 1. The van der Waals surface area contributed by atoms with Gasteiger partial charge in [-0.15, -0.1) is 0 Å². The van der Waals surface area contributed by atoms with Gasteiger partial charge in [-0.2, -0.15) is 0 Å². The molecule has 6 heteroatoms. The van der Waals surface area contributed by atoms with E-state index in [-0.39, 0.29) is 17.6 Å². The average molecular weight is 293 g/mol. The molecule has 1 atom stereocenters. The van der Waals surface area contributed by atoms with Gasteiger partial charge in [-0.3, -0.25) is 4.79 Å². The first-order chi connectivity index (χ1) is 10.2. The van der Waals surface area contributed by atoms with Crippen LogP contribution in [-0.2, 0) is 9.53 Å². The number of nitrogens with one attached hydrogen (secondary N) is 2. The van der Waals surface area contributed by atoms with Crippen molar-refractivity contribution in [2.24, 2.45) is 5.92 Å². The molecule has 0 radical (unpaired) electrons. The van der Waals surface area contributed by atoms with Crippen molar-refractivity contribution in [2.45, 2.75) is 6.42 Å². The summed E-state index contributed by atoms with van der Waals surface area (Å²) in [4.78, 5) is 14.0. The number of hydrogen-bond donors (Lipinski definition) is 2. The Morgan fingerprint density at radius 1 is 1.38 bits per heavy atom. The number of benzene rings is 1. The van der Waals surface area contributed by atoms with E-state index in [0.717, 1.165) is 32.6 Å². The molecule has 2 aliphatic heterocycles. The largest absolute Gasteiger partial charge is 0.381 e. The zero-order valence-corrected chi connectivity index (χ0v) is 11.9. The van der Waals surface area contributed by atoms with Crippen LogP contribution in [-0.4, -0.2) is 45.3 Å². The molecule has 2 N–H and O–H groups in total. The van der Waals surface area contributed by atoms with Crippen LogP contribution in [0.25, 0.3) is 0 Å². The van der Waals surface area contributed by atoms with Crippen molar-refractivity contribution in [1.29, 1.82) is 0 Å². The Morgan fingerprint density at radius 3 is 2.86 bits per heavy atom. The first kappa shape index (κ1) is 14.3. The van der Waals surface area contributed by atoms with Crippen molar-refractivity contribution in [3.63, 3.8) is 0 Å². The molecule has 0 aliphatic carbocycles. The van der Waals surface area contributed by atoms with Gasteiger partial charge >= 0.3 is 0 Å². The van der Waals surface area contributed by atoms with Crippen molar-refractivity contribution >= 4 is 17.3 Å². The normalized spacial score (nSPS) is 22.3. The van der Waals surface area contributed by atoms with Crippen LogP contribution in [0.2, 0.25) is 0 Å². The fraction of sp³-hybridized carbons (Fsp3) is 0.533. The van der Waals surface area contributed by atoms with Gasteiger partial charge in [0.15, 0.2) is 0 Å². The van der Waals surface area contributed by atoms with Crippen LogP contribution in [0.4, 0.5) is 15.8 Å². The molecule has 0 spiro atoms. The van der Waals surface area contributed by atoms with Gasteiger partial charge in [0.05, 0.1) is 18.2 Å².